The van der Waals surface area contributed by atoms with Crippen LogP contribution in [0.15, 0.2) is 58.2 Å². The van der Waals surface area contributed by atoms with Gasteiger partial charge in [-0.25, -0.2) is 12.8 Å². The van der Waals surface area contributed by atoms with Crippen molar-refractivity contribution in [1.82, 2.24) is 15.5 Å². The number of nitrogens with zero attached hydrogens (tertiary/aromatic N) is 2. The molecule has 0 atom stereocenters. The van der Waals surface area contributed by atoms with Crippen LogP contribution in [-0.2, 0) is 22.1 Å². The van der Waals surface area contributed by atoms with Gasteiger partial charge in [-0.3, -0.25) is 4.79 Å². The number of carbonyl (C=O) groups is 1. The van der Waals surface area contributed by atoms with Gasteiger partial charge in [-0.05, 0) is 29.8 Å². The number of sulfone groups is 1. The molecule has 0 saturated carbocycles. The molecular weight excluding hydrogens is 397 g/mol. The van der Waals surface area contributed by atoms with Crippen LogP contribution in [0.4, 0.5) is 4.39 Å². The first-order valence-corrected chi connectivity index (χ1v) is 9.70. The highest BCUT2D eigenvalue weighted by molar-refractivity contribution is 7.90. The molecule has 3 rings (SSSR count). The summed E-state index contributed by atoms with van der Waals surface area (Å²) >= 11 is 5.97. The van der Waals surface area contributed by atoms with Gasteiger partial charge in [0, 0.05) is 10.6 Å². The molecule has 10 heteroatoms. The van der Waals surface area contributed by atoms with Crippen LogP contribution < -0.4 is 5.32 Å². The number of hydrogen-bond donors (Lipinski definition) is 1. The molecule has 0 unspecified atom stereocenters. The highest BCUT2D eigenvalue weighted by Crippen LogP contribution is 2.21. The molecule has 0 aliphatic rings. The molecule has 1 N–H and O–H groups in total. The van der Waals surface area contributed by atoms with E-state index < -0.39 is 32.5 Å². The molecule has 0 radical (unpaired) electrons. The number of rotatable bonds is 6. The minimum atomic E-state index is -3.90. The standard InChI is InChI=1S/C17H13ClFN3O4S/c18-14-7-2-1-4-12(14)10-27(24,25)17-22-21-15(26-17)9-20-16(23)11-5-3-6-13(19)8-11/h1-8H,9-10H2,(H,20,23). The second kappa shape index (κ2) is 7.85. The van der Waals surface area contributed by atoms with Crippen molar-refractivity contribution < 1.29 is 22.0 Å². The molecule has 0 aliphatic carbocycles. The van der Waals surface area contributed by atoms with Crippen LogP contribution in [0.5, 0.6) is 0 Å². The van der Waals surface area contributed by atoms with Gasteiger partial charge < -0.3 is 9.73 Å². The van der Waals surface area contributed by atoms with Crippen LogP contribution in [0.25, 0.3) is 0 Å². The Bertz CT molecular complexity index is 1090. The Morgan fingerprint density at radius 1 is 1.15 bits per heavy atom. The predicted molar refractivity (Wildman–Crippen MR) is 94.2 cm³/mol. The number of nitrogens with one attached hydrogen (secondary N) is 1. The maximum absolute atomic E-state index is 13.1. The molecule has 0 spiro atoms. The summed E-state index contributed by atoms with van der Waals surface area (Å²) in [7, 11) is -3.90. The van der Waals surface area contributed by atoms with E-state index in [1.807, 2.05) is 0 Å². The number of aromatic nitrogens is 2. The fourth-order valence-electron chi connectivity index (χ4n) is 2.20. The van der Waals surface area contributed by atoms with E-state index in [-0.39, 0.29) is 18.0 Å². The van der Waals surface area contributed by atoms with Crippen molar-refractivity contribution in [2.24, 2.45) is 0 Å². The van der Waals surface area contributed by atoms with E-state index in [1.165, 1.54) is 18.2 Å². The van der Waals surface area contributed by atoms with Crippen molar-refractivity contribution in [2.75, 3.05) is 0 Å². The first-order valence-electron chi connectivity index (χ1n) is 7.67. The molecule has 1 aromatic heterocycles. The van der Waals surface area contributed by atoms with Crippen molar-refractivity contribution in [2.45, 2.75) is 17.5 Å². The Hall–Kier alpha value is -2.78. The summed E-state index contributed by atoms with van der Waals surface area (Å²) in [4.78, 5) is 12.0. The summed E-state index contributed by atoms with van der Waals surface area (Å²) in [6.07, 6.45) is 0. The predicted octanol–water partition coefficient (Wildman–Crippen LogP) is 2.77. The lowest BCUT2D eigenvalue weighted by atomic mass is 10.2. The summed E-state index contributed by atoms with van der Waals surface area (Å²) in [5.74, 6) is -1.61. The molecule has 0 saturated heterocycles. The van der Waals surface area contributed by atoms with Gasteiger partial charge >= 0.3 is 5.22 Å². The smallest absolute Gasteiger partial charge is 0.335 e. The molecule has 1 heterocycles. The van der Waals surface area contributed by atoms with Crippen LogP contribution >= 0.6 is 11.6 Å². The van der Waals surface area contributed by atoms with Gasteiger partial charge in [-0.15, -0.1) is 5.10 Å². The van der Waals surface area contributed by atoms with E-state index >= 15 is 0 Å². The zero-order chi connectivity index (χ0) is 19.4. The summed E-state index contributed by atoms with van der Waals surface area (Å²) in [6.45, 7) is -0.204. The first kappa shape index (κ1) is 19.0. The van der Waals surface area contributed by atoms with E-state index in [4.69, 9.17) is 16.0 Å². The molecule has 3 aromatic rings. The second-order valence-electron chi connectivity index (χ2n) is 5.51. The summed E-state index contributed by atoms with van der Waals surface area (Å²) in [5, 5.41) is 9.32. The van der Waals surface area contributed by atoms with E-state index in [0.29, 0.717) is 10.6 Å². The lowest BCUT2D eigenvalue weighted by Gasteiger charge is -2.03. The van der Waals surface area contributed by atoms with Crippen molar-refractivity contribution in [3.05, 3.63) is 76.4 Å². The second-order valence-corrected chi connectivity index (χ2v) is 7.78. The number of carbonyl (C=O) groups excluding carboxylic acids is 1. The molecular formula is C17H13ClFN3O4S. The Labute approximate surface area is 159 Å². The lowest BCUT2D eigenvalue weighted by Crippen LogP contribution is -2.23. The largest absolute Gasteiger partial charge is 0.411 e. The summed E-state index contributed by atoms with van der Waals surface area (Å²) in [6, 6.07) is 11.6. The molecule has 2 aromatic carbocycles. The molecule has 0 bridgehead atoms. The maximum atomic E-state index is 13.1. The molecule has 140 valence electrons. The SMILES string of the molecule is O=C(NCc1nnc(S(=O)(=O)Cc2ccccc2Cl)o1)c1cccc(F)c1. The minimum Gasteiger partial charge on any atom is -0.411 e. The van der Waals surface area contributed by atoms with Gasteiger partial charge in [0.25, 0.3) is 5.91 Å². The average molecular weight is 410 g/mol. The van der Waals surface area contributed by atoms with Crippen LogP contribution in [0.2, 0.25) is 5.02 Å². The molecule has 0 aliphatic heterocycles. The van der Waals surface area contributed by atoms with Gasteiger partial charge in [0.15, 0.2) is 0 Å². The third-order valence-electron chi connectivity index (χ3n) is 3.50. The van der Waals surface area contributed by atoms with Crippen molar-refractivity contribution >= 4 is 27.3 Å². The Morgan fingerprint density at radius 2 is 1.93 bits per heavy atom. The monoisotopic (exact) mass is 409 g/mol. The van der Waals surface area contributed by atoms with Gasteiger partial charge in [-0.1, -0.05) is 41.0 Å². The van der Waals surface area contributed by atoms with Crippen LogP contribution in [0.3, 0.4) is 0 Å². The summed E-state index contributed by atoms with van der Waals surface area (Å²) < 4.78 is 43.0. The quantitative estimate of drug-likeness (QED) is 0.671. The Balaban J connectivity index is 1.67. The van der Waals surface area contributed by atoms with Crippen molar-refractivity contribution in [3.8, 4) is 0 Å². The number of amides is 1. The topological polar surface area (TPSA) is 102 Å². The first-order chi connectivity index (χ1) is 12.8. The fraction of sp³-hybridized carbons (Fsp3) is 0.118. The number of hydrogen-bond acceptors (Lipinski definition) is 6. The molecule has 7 nitrogen and oxygen atoms in total. The van der Waals surface area contributed by atoms with Crippen molar-refractivity contribution in [3.63, 3.8) is 0 Å². The van der Waals surface area contributed by atoms with Crippen molar-refractivity contribution in [1.29, 1.82) is 0 Å². The van der Waals surface area contributed by atoms with E-state index in [2.05, 4.69) is 15.5 Å². The Kier molecular flexibility index (Phi) is 5.52. The van der Waals surface area contributed by atoms with E-state index in [0.717, 1.165) is 6.07 Å². The molecule has 27 heavy (non-hydrogen) atoms. The van der Waals surface area contributed by atoms with Crippen LogP contribution in [0, 0.1) is 5.82 Å². The number of benzene rings is 2. The van der Waals surface area contributed by atoms with Crippen LogP contribution in [-0.4, -0.2) is 24.5 Å². The van der Waals surface area contributed by atoms with E-state index in [1.54, 1.807) is 24.3 Å². The van der Waals surface area contributed by atoms with Gasteiger partial charge in [-0.2, -0.15) is 0 Å². The highest BCUT2D eigenvalue weighted by atomic mass is 35.5. The average Bonchev–Trinajstić information content (AvgIpc) is 3.11. The van der Waals surface area contributed by atoms with Gasteiger partial charge in [0.05, 0.1) is 12.3 Å². The lowest BCUT2D eigenvalue weighted by molar-refractivity contribution is 0.0946. The fourth-order valence-corrected chi connectivity index (χ4v) is 3.66. The normalized spacial score (nSPS) is 11.3. The zero-order valence-electron chi connectivity index (χ0n) is 13.7. The highest BCUT2D eigenvalue weighted by Gasteiger charge is 2.24. The zero-order valence-corrected chi connectivity index (χ0v) is 15.3. The van der Waals surface area contributed by atoms with Crippen LogP contribution in [0.1, 0.15) is 21.8 Å². The Morgan fingerprint density at radius 3 is 2.67 bits per heavy atom. The summed E-state index contributed by atoms with van der Waals surface area (Å²) in [5.41, 5.74) is 0.513. The molecule has 0 fully saturated rings. The van der Waals surface area contributed by atoms with Gasteiger partial charge in [0.2, 0.25) is 15.7 Å². The minimum absolute atomic E-state index is 0.0995. The van der Waals surface area contributed by atoms with Gasteiger partial charge in [0.1, 0.15) is 5.82 Å². The van der Waals surface area contributed by atoms with E-state index in [9.17, 15) is 17.6 Å². The third kappa shape index (κ3) is 4.69. The molecule has 1 amide bonds. The third-order valence-corrected chi connectivity index (χ3v) is 5.26. The number of halogens is 2. The maximum Gasteiger partial charge on any atom is 0.335 e.